The minimum atomic E-state index is 0.102. The largest absolute Gasteiger partial charge is 0.295 e. The number of hydrogen-bond donors (Lipinski definition) is 0. The van der Waals surface area contributed by atoms with Crippen LogP contribution in [0.4, 0.5) is 0 Å². The predicted octanol–water partition coefficient (Wildman–Crippen LogP) is 4.66. The molecule has 0 radical (unpaired) electrons. The number of ketones is 2. The highest BCUT2D eigenvalue weighted by Crippen LogP contribution is 2.23. The van der Waals surface area contributed by atoms with Crippen LogP contribution in [0, 0.1) is 0 Å². The van der Waals surface area contributed by atoms with Crippen LogP contribution in [0.1, 0.15) is 57.2 Å². The Morgan fingerprint density at radius 2 is 2.00 bits per heavy atom. The molecule has 0 aromatic heterocycles. The van der Waals surface area contributed by atoms with Crippen molar-refractivity contribution in [2.24, 2.45) is 0 Å². The van der Waals surface area contributed by atoms with Gasteiger partial charge in [-0.25, -0.2) is 0 Å². The molecule has 0 aliphatic heterocycles. The Kier molecular flexibility index (Phi) is 4.52. The number of hydrogen-bond acceptors (Lipinski definition) is 2. The van der Waals surface area contributed by atoms with Crippen molar-refractivity contribution in [3.8, 4) is 0 Å². The van der Waals surface area contributed by atoms with Crippen molar-refractivity contribution < 1.29 is 9.59 Å². The van der Waals surface area contributed by atoms with Crippen LogP contribution in [0.3, 0.4) is 0 Å². The number of rotatable bonds is 5. The molecule has 1 aliphatic rings. The van der Waals surface area contributed by atoms with E-state index in [-0.39, 0.29) is 11.6 Å². The highest BCUT2D eigenvalue weighted by atomic mass is 16.1. The molecular weight excluding hydrogens is 284 g/mol. The average Bonchev–Trinajstić information content (AvgIpc) is 2.93. The van der Waals surface area contributed by atoms with E-state index >= 15 is 0 Å². The van der Waals surface area contributed by atoms with Crippen LogP contribution in [0.25, 0.3) is 6.08 Å². The fraction of sp³-hybridized carbons (Fsp3) is 0.238. The van der Waals surface area contributed by atoms with E-state index in [4.69, 9.17) is 0 Å². The molecule has 0 N–H and O–H groups in total. The monoisotopic (exact) mass is 304 g/mol. The Balaban J connectivity index is 1.62. The van der Waals surface area contributed by atoms with E-state index in [1.54, 1.807) is 6.92 Å². The molecule has 116 valence electrons. The maximum atomic E-state index is 11.8. The number of Topliss-reactive ketones (excluding diaryl/α,β-unsaturated/α-hetero) is 2. The molecule has 0 atom stereocenters. The van der Waals surface area contributed by atoms with Gasteiger partial charge in [-0.15, -0.1) is 0 Å². The lowest BCUT2D eigenvalue weighted by atomic mass is 10.0. The quantitative estimate of drug-likeness (QED) is 0.753. The summed E-state index contributed by atoms with van der Waals surface area (Å²) in [5.74, 6) is 0.362. The molecule has 0 heterocycles. The van der Waals surface area contributed by atoms with Gasteiger partial charge in [0, 0.05) is 17.5 Å². The Bertz CT molecular complexity index is 784. The van der Waals surface area contributed by atoms with Crippen molar-refractivity contribution in [1.29, 1.82) is 0 Å². The second-order valence-corrected chi connectivity index (χ2v) is 6.04. The number of fused-ring (bicyclic) bond motifs is 1. The van der Waals surface area contributed by atoms with E-state index in [0.717, 1.165) is 36.0 Å². The van der Waals surface area contributed by atoms with Crippen LogP contribution in [-0.4, -0.2) is 11.6 Å². The van der Waals surface area contributed by atoms with Crippen LogP contribution in [-0.2, 0) is 12.8 Å². The second kappa shape index (κ2) is 6.74. The van der Waals surface area contributed by atoms with E-state index in [2.05, 4.69) is 24.3 Å². The SMILES string of the molecule is CC(=O)c1cccc(CC/C=C/c2ccc3c(c2)C(=O)CC3)c1. The maximum absolute atomic E-state index is 11.8. The summed E-state index contributed by atoms with van der Waals surface area (Å²) < 4.78 is 0. The smallest absolute Gasteiger partial charge is 0.163 e. The van der Waals surface area contributed by atoms with Gasteiger partial charge in [0.15, 0.2) is 11.6 Å². The van der Waals surface area contributed by atoms with Crippen LogP contribution in [0.5, 0.6) is 0 Å². The summed E-state index contributed by atoms with van der Waals surface area (Å²) in [6.45, 7) is 1.59. The van der Waals surface area contributed by atoms with Gasteiger partial charge < -0.3 is 0 Å². The lowest BCUT2D eigenvalue weighted by Gasteiger charge is -2.02. The maximum Gasteiger partial charge on any atom is 0.163 e. The average molecular weight is 304 g/mol. The molecule has 23 heavy (non-hydrogen) atoms. The third kappa shape index (κ3) is 3.65. The van der Waals surface area contributed by atoms with Crippen LogP contribution in [0.15, 0.2) is 48.5 Å². The highest BCUT2D eigenvalue weighted by molar-refractivity contribution is 6.00. The zero-order valence-electron chi connectivity index (χ0n) is 13.3. The third-order valence-corrected chi connectivity index (χ3v) is 4.30. The standard InChI is InChI=1S/C21H20O2/c1-15(22)19-8-4-7-16(13-19)5-2-3-6-17-9-10-18-11-12-21(23)20(18)14-17/h3-4,6-10,13-14H,2,5,11-12H2,1H3/b6-3+. The molecule has 2 aromatic rings. The molecule has 2 aromatic carbocycles. The highest BCUT2D eigenvalue weighted by Gasteiger charge is 2.18. The zero-order chi connectivity index (χ0) is 16.2. The predicted molar refractivity (Wildman–Crippen MR) is 92.9 cm³/mol. The first kappa shape index (κ1) is 15.4. The number of allylic oxidation sites excluding steroid dienone is 1. The molecule has 0 fully saturated rings. The molecule has 0 saturated carbocycles. The molecule has 0 unspecified atom stereocenters. The van der Waals surface area contributed by atoms with E-state index in [1.807, 2.05) is 30.3 Å². The minimum Gasteiger partial charge on any atom is -0.295 e. The Labute approximate surface area is 136 Å². The first-order chi connectivity index (χ1) is 11.1. The van der Waals surface area contributed by atoms with Gasteiger partial charge in [0.05, 0.1) is 0 Å². The molecule has 1 aliphatic carbocycles. The van der Waals surface area contributed by atoms with Crippen molar-refractivity contribution in [3.63, 3.8) is 0 Å². The Morgan fingerprint density at radius 1 is 1.13 bits per heavy atom. The van der Waals surface area contributed by atoms with E-state index in [0.29, 0.717) is 6.42 Å². The van der Waals surface area contributed by atoms with Crippen LogP contribution < -0.4 is 0 Å². The summed E-state index contributed by atoms with van der Waals surface area (Å²) in [5.41, 5.74) is 5.08. The first-order valence-corrected chi connectivity index (χ1v) is 8.06. The van der Waals surface area contributed by atoms with E-state index in [1.165, 1.54) is 11.1 Å². The van der Waals surface area contributed by atoms with Crippen LogP contribution in [0.2, 0.25) is 0 Å². The van der Waals surface area contributed by atoms with Crippen LogP contribution >= 0.6 is 0 Å². The van der Waals surface area contributed by atoms with Crippen molar-refractivity contribution in [2.45, 2.75) is 32.6 Å². The second-order valence-electron chi connectivity index (χ2n) is 6.04. The molecular formula is C21H20O2. The summed E-state index contributed by atoms with van der Waals surface area (Å²) in [6, 6.07) is 13.9. The van der Waals surface area contributed by atoms with E-state index < -0.39 is 0 Å². The Morgan fingerprint density at radius 3 is 2.83 bits per heavy atom. The fourth-order valence-electron chi connectivity index (χ4n) is 2.97. The number of carbonyl (C=O) groups is 2. The van der Waals surface area contributed by atoms with Gasteiger partial charge in [-0.1, -0.05) is 42.5 Å². The molecule has 0 bridgehead atoms. The summed E-state index contributed by atoms with van der Waals surface area (Å²) in [7, 11) is 0. The molecule has 0 spiro atoms. The minimum absolute atomic E-state index is 0.102. The van der Waals surface area contributed by atoms with Gasteiger partial charge in [-0.2, -0.15) is 0 Å². The van der Waals surface area contributed by atoms with Gasteiger partial charge in [-0.3, -0.25) is 9.59 Å². The van der Waals surface area contributed by atoms with Gasteiger partial charge in [0.1, 0.15) is 0 Å². The molecule has 0 saturated heterocycles. The van der Waals surface area contributed by atoms with E-state index in [9.17, 15) is 9.59 Å². The first-order valence-electron chi connectivity index (χ1n) is 8.06. The zero-order valence-corrected chi connectivity index (χ0v) is 13.3. The topological polar surface area (TPSA) is 34.1 Å². The van der Waals surface area contributed by atoms with Crippen molar-refractivity contribution in [2.75, 3.05) is 0 Å². The Hall–Kier alpha value is -2.48. The molecule has 2 nitrogen and oxygen atoms in total. The summed E-state index contributed by atoms with van der Waals surface area (Å²) in [5, 5.41) is 0. The molecule has 2 heteroatoms. The van der Waals surface area contributed by atoms with Crippen molar-refractivity contribution in [1.82, 2.24) is 0 Å². The summed E-state index contributed by atoms with van der Waals surface area (Å²) in [4.78, 5) is 23.2. The molecule has 0 amide bonds. The summed E-state index contributed by atoms with van der Waals surface area (Å²) in [6.07, 6.45) is 7.54. The fourth-order valence-corrected chi connectivity index (χ4v) is 2.97. The lowest BCUT2D eigenvalue weighted by molar-refractivity contribution is 0.0991. The van der Waals surface area contributed by atoms with Crippen molar-refractivity contribution in [3.05, 3.63) is 76.4 Å². The number of aryl methyl sites for hydroxylation is 2. The normalized spacial score (nSPS) is 13.5. The van der Waals surface area contributed by atoms with Gasteiger partial charge >= 0.3 is 0 Å². The van der Waals surface area contributed by atoms with Gasteiger partial charge in [0.2, 0.25) is 0 Å². The van der Waals surface area contributed by atoms with Gasteiger partial charge in [0.25, 0.3) is 0 Å². The number of benzene rings is 2. The van der Waals surface area contributed by atoms with Crippen molar-refractivity contribution >= 4 is 17.6 Å². The van der Waals surface area contributed by atoms with Gasteiger partial charge in [-0.05, 0) is 55.0 Å². The third-order valence-electron chi connectivity index (χ3n) is 4.30. The lowest BCUT2D eigenvalue weighted by Crippen LogP contribution is -1.93. The molecule has 3 rings (SSSR count). The number of carbonyl (C=O) groups excluding carboxylic acids is 2. The summed E-state index contributed by atoms with van der Waals surface area (Å²) >= 11 is 0.